The van der Waals surface area contributed by atoms with Crippen LogP contribution in [0.4, 0.5) is 0 Å². The van der Waals surface area contributed by atoms with Gasteiger partial charge in [0.15, 0.2) is 0 Å². The zero-order valence-electron chi connectivity index (χ0n) is 11.7. The number of thiol groups is 1. The molecule has 0 saturated heterocycles. The zero-order chi connectivity index (χ0) is 14.2. The van der Waals surface area contributed by atoms with E-state index >= 15 is 0 Å². The van der Waals surface area contributed by atoms with E-state index in [-0.39, 0.29) is 0 Å². The maximum absolute atomic E-state index is 4.63. The van der Waals surface area contributed by atoms with Crippen molar-refractivity contribution in [2.24, 2.45) is 0 Å². The fourth-order valence-electron chi connectivity index (χ4n) is 2.03. The normalized spacial score (nSPS) is 16.4. The topological polar surface area (TPSA) is 0 Å². The van der Waals surface area contributed by atoms with Gasteiger partial charge in [0.05, 0.1) is 0 Å². The lowest BCUT2D eigenvalue weighted by atomic mass is 10.0. The first kappa shape index (κ1) is 14.8. The lowest BCUT2D eigenvalue weighted by Crippen LogP contribution is -1.86. The van der Waals surface area contributed by atoms with Crippen LogP contribution in [0.15, 0.2) is 40.8 Å². The lowest BCUT2D eigenvalue weighted by Gasteiger charge is -2.08. The summed E-state index contributed by atoms with van der Waals surface area (Å²) in [6.45, 7) is 10.6. The second-order valence-corrected chi connectivity index (χ2v) is 7.44. The van der Waals surface area contributed by atoms with Gasteiger partial charge in [-0.1, -0.05) is 6.58 Å². The smallest absolute Gasteiger partial charge is 0.0432 e. The highest BCUT2D eigenvalue weighted by molar-refractivity contribution is 8.02. The van der Waals surface area contributed by atoms with Crippen LogP contribution in [0.2, 0.25) is 0 Å². The Kier molecular flexibility index (Phi) is 4.49. The predicted octanol–water partition coefficient (Wildman–Crippen LogP) is 5.94. The number of hydrogen-bond donors (Lipinski definition) is 1. The standard InChI is InChI=1S/C16H18S3/c1-9-6-15(17)14-8-11(3)19-16(14)13(12(9)4)7-10(2)18-5/h6-8,17H,1H2,2-5H3/b10-7+. The molecule has 0 nitrogen and oxygen atoms in total. The van der Waals surface area contributed by atoms with Crippen molar-refractivity contribution in [2.45, 2.75) is 20.8 Å². The van der Waals surface area contributed by atoms with E-state index in [0.717, 1.165) is 10.5 Å². The van der Waals surface area contributed by atoms with Gasteiger partial charge in [-0.05, 0) is 66.9 Å². The van der Waals surface area contributed by atoms with E-state index in [9.17, 15) is 0 Å². The maximum Gasteiger partial charge on any atom is 0.0432 e. The van der Waals surface area contributed by atoms with Crippen LogP contribution < -0.4 is 0 Å². The van der Waals surface area contributed by atoms with E-state index in [2.05, 4.69) is 64.5 Å². The predicted molar refractivity (Wildman–Crippen MR) is 95.0 cm³/mol. The summed E-state index contributed by atoms with van der Waals surface area (Å²) in [4.78, 5) is 4.94. The van der Waals surface area contributed by atoms with Crippen molar-refractivity contribution >= 4 is 46.2 Å². The van der Waals surface area contributed by atoms with Crippen molar-refractivity contribution in [3.8, 4) is 0 Å². The highest BCUT2D eigenvalue weighted by atomic mass is 32.2. The summed E-state index contributed by atoms with van der Waals surface area (Å²) in [6, 6.07) is 2.22. The van der Waals surface area contributed by atoms with Gasteiger partial charge in [0.25, 0.3) is 0 Å². The molecule has 0 aromatic carbocycles. The number of fused-ring (bicyclic) bond motifs is 1. The molecule has 0 unspecified atom stereocenters. The largest absolute Gasteiger partial charge is 0.143 e. The van der Waals surface area contributed by atoms with Gasteiger partial charge >= 0.3 is 0 Å². The average Bonchev–Trinajstić information content (AvgIpc) is 2.73. The third kappa shape index (κ3) is 2.93. The van der Waals surface area contributed by atoms with Gasteiger partial charge in [0.2, 0.25) is 0 Å². The number of allylic oxidation sites excluding steroid dienone is 6. The molecule has 1 aromatic rings. The summed E-state index contributed by atoms with van der Waals surface area (Å²) in [5.74, 6) is 0. The Morgan fingerprint density at radius 1 is 1.42 bits per heavy atom. The van der Waals surface area contributed by atoms with Gasteiger partial charge in [0.1, 0.15) is 0 Å². The van der Waals surface area contributed by atoms with Crippen LogP contribution in [-0.4, -0.2) is 6.26 Å². The first-order valence-corrected chi connectivity index (χ1v) is 8.57. The molecule has 2 rings (SSSR count). The molecule has 19 heavy (non-hydrogen) atoms. The molecule has 0 atom stereocenters. The van der Waals surface area contributed by atoms with E-state index < -0.39 is 0 Å². The van der Waals surface area contributed by atoms with Crippen molar-refractivity contribution < 1.29 is 0 Å². The average molecular weight is 307 g/mol. The molecule has 1 aliphatic rings. The molecular weight excluding hydrogens is 288 g/mol. The Bertz CT molecular complexity index is 624. The van der Waals surface area contributed by atoms with Gasteiger partial charge in [-0.15, -0.1) is 35.7 Å². The van der Waals surface area contributed by atoms with Crippen LogP contribution in [-0.2, 0) is 0 Å². The van der Waals surface area contributed by atoms with Gasteiger partial charge < -0.3 is 0 Å². The summed E-state index contributed by atoms with van der Waals surface area (Å²) < 4.78 is 0. The molecule has 0 amide bonds. The second kappa shape index (κ2) is 5.78. The highest BCUT2D eigenvalue weighted by Crippen LogP contribution is 2.42. The van der Waals surface area contributed by atoms with E-state index in [1.165, 1.54) is 31.4 Å². The monoisotopic (exact) mass is 306 g/mol. The van der Waals surface area contributed by atoms with Gasteiger partial charge in [0, 0.05) is 20.2 Å². The van der Waals surface area contributed by atoms with Crippen molar-refractivity contribution in [2.75, 3.05) is 6.26 Å². The third-order valence-corrected chi connectivity index (χ3v) is 5.46. The summed E-state index contributed by atoms with van der Waals surface area (Å²) >= 11 is 8.24. The van der Waals surface area contributed by atoms with Gasteiger partial charge in [-0.3, -0.25) is 0 Å². The molecule has 1 heterocycles. The fourth-order valence-corrected chi connectivity index (χ4v) is 3.78. The van der Waals surface area contributed by atoms with Gasteiger partial charge in [-0.2, -0.15) is 0 Å². The molecule has 0 radical (unpaired) electrons. The third-order valence-electron chi connectivity index (χ3n) is 3.24. The first-order chi connectivity index (χ1) is 8.93. The molecular formula is C16H18S3. The molecule has 0 N–H and O–H groups in total. The Hall–Kier alpha value is -0.640. The number of rotatable bonds is 2. The molecule has 0 saturated carbocycles. The van der Waals surface area contributed by atoms with E-state index in [1.807, 2.05) is 11.3 Å². The first-order valence-electron chi connectivity index (χ1n) is 6.08. The Labute approximate surface area is 129 Å². The quantitative estimate of drug-likeness (QED) is 0.660. The van der Waals surface area contributed by atoms with E-state index in [4.69, 9.17) is 0 Å². The molecule has 3 heteroatoms. The number of hydrogen-bond acceptors (Lipinski definition) is 3. The Balaban J connectivity index is 2.72. The minimum atomic E-state index is 1.01. The second-order valence-electron chi connectivity index (χ2n) is 4.65. The lowest BCUT2D eigenvalue weighted by molar-refractivity contribution is 1.46. The van der Waals surface area contributed by atoms with Crippen molar-refractivity contribution in [3.05, 3.63) is 56.2 Å². The SMILES string of the molecule is C=C1C=C(S)c2cc(C)sc2C(/C=C(\C)SC)=C1C. The van der Waals surface area contributed by atoms with Crippen LogP contribution in [0.5, 0.6) is 0 Å². The van der Waals surface area contributed by atoms with Crippen LogP contribution in [0.1, 0.15) is 29.2 Å². The molecule has 1 aromatic heterocycles. The van der Waals surface area contributed by atoms with Crippen LogP contribution >= 0.6 is 35.7 Å². The summed E-state index contributed by atoms with van der Waals surface area (Å²) in [7, 11) is 0. The molecule has 100 valence electrons. The Morgan fingerprint density at radius 3 is 2.74 bits per heavy atom. The van der Waals surface area contributed by atoms with Crippen LogP contribution in [0.25, 0.3) is 10.5 Å². The maximum atomic E-state index is 4.63. The molecule has 0 spiro atoms. The van der Waals surface area contributed by atoms with Crippen molar-refractivity contribution in [1.29, 1.82) is 0 Å². The fraction of sp³-hybridized carbons (Fsp3) is 0.250. The molecule has 0 bridgehead atoms. The van der Waals surface area contributed by atoms with Crippen molar-refractivity contribution in [1.82, 2.24) is 0 Å². The number of aryl methyl sites for hydroxylation is 1. The minimum absolute atomic E-state index is 1.01. The molecule has 1 aliphatic carbocycles. The van der Waals surface area contributed by atoms with Crippen LogP contribution in [0, 0.1) is 6.92 Å². The summed E-state index contributed by atoms with van der Waals surface area (Å²) in [6.07, 6.45) is 6.44. The number of thiophene rings is 1. The zero-order valence-corrected chi connectivity index (χ0v) is 14.2. The Morgan fingerprint density at radius 2 is 2.11 bits per heavy atom. The van der Waals surface area contributed by atoms with Crippen LogP contribution in [0.3, 0.4) is 0 Å². The van der Waals surface area contributed by atoms with E-state index in [0.29, 0.717) is 0 Å². The number of thioether (sulfide) groups is 1. The van der Waals surface area contributed by atoms with E-state index in [1.54, 1.807) is 11.8 Å². The molecule has 0 aliphatic heterocycles. The summed E-state index contributed by atoms with van der Waals surface area (Å²) in [5.41, 5.74) is 4.79. The van der Waals surface area contributed by atoms with Crippen molar-refractivity contribution in [3.63, 3.8) is 0 Å². The highest BCUT2D eigenvalue weighted by Gasteiger charge is 2.18. The summed E-state index contributed by atoms with van der Waals surface area (Å²) in [5, 5.41) is 0. The molecule has 0 fully saturated rings. The van der Waals surface area contributed by atoms with Gasteiger partial charge in [-0.25, -0.2) is 0 Å². The minimum Gasteiger partial charge on any atom is -0.143 e.